The van der Waals surface area contributed by atoms with E-state index in [9.17, 15) is 4.39 Å². The largest absolute Gasteiger partial charge is 0.361 e. The number of hydrogen-bond donors (Lipinski definition) is 0. The molecule has 0 saturated carbocycles. The van der Waals surface area contributed by atoms with Gasteiger partial charge in [0.25, 0.3) is 0 Å². The number of benzene rings is 2. The summed E-state index contributed by atoms with van der Waals surface area (Å²) in [5, 5.41) is 0. The lowest BCUT2D eigenvalue weighted by molar-refractivity contribution is 0.618. The van der Waals surface area contributed by atoms with Crippen molar-refractivity contribution in [2.24, 2.45) is 0 Å². The van der Waals surface area contributed by atoms with E-state index in [-0.39, 0.29) is 5.82 Å². The number of anilines is 1. The van der Waals surface area contributed by atoms with Crippen LogP contribution in [-0.2, 0) is 6.54 Å². The highest BCUT2D eigenvalue weighted by atomic mass is 79.9. The maximum absolute atomic E-state index is 14.4. The number of halogens is 2. The first-order valence-electron chi connectivity index (χ1n) is 7.32. The summed E-state index contributed by atoms with van der Waals surface area (Å²) in [6, 6.07) is 15.1. The Hall–Kier alpha value is -2.13. The Morgan fingerprint density at radius 3 is 2.48 bits per heavy atom. The Morgan fingerprint density at radius 2 is 1.87 bits per heavy atom. The first-order valence-corrected chi connectivity index (χ1v) is 8.11. The molecule has 0 radical (unpaired) electrons. The van der Waals surface area contributed by atoms with Crippen molar-refractivity contribution in [3.05, 3.63) is 101 Å². The predicted molar refractivity (Wildman–Crippen MR) is 100 cm³/mol. The molecule has 0 N–H and O–H groups in total. The molecule has 1 nitrogen and oxygen atoms in total. The molecule has 0 unspecified atom stereocenters. The highest BCUT2D eigenvalue weighted by molar-refractivity contribution is 9.10. The van der Waals surface area contributed by atoms with Crippen LogP contribution in [0.3, 0.4) is 0 Å². The van der Waals surface area contributed by atoms with Gasteiger partial charge < -0.3 is 4.90 Å². The molecule has 0 amide bonds. The summed E-state index contributed by atoms with van der Waals surface area (Å²) < 4.78 is 15.1. The van der Waals surface area contributed by atoms with Gasteiger partial charge in [-0.1, -0.05) is 77.6 Å². The molecule has 0 aromatic heterocycles. The third-order valence-corrected chi connectivity index (χ3v) is 3.93. The summed E-state index contributed by atoms with van der Waals surface area (Å²) >= 11 is 3.30. The standard InChI is InChI=1S/C20H19BrFN/c1-3-8-16(4-2)14-23(15-17-9-6-5-7-10-17)20-12-11-18(21)13-19(20)22/h3-13H,1-2,14-15H2/b16-8+. The van der Waals surface area contributed by atoms with E-state index in [2.05, 4.69) is 29.1 Å². The summed E-state index contributed by atoms with van der Waals surface area (Å²) in [6.45, 7) is 8.72. The van der Waals surface area contributed by atoms with Gasteiger partial charge >= 0.3 is 0 Å². The van der Waals surface area contributed by atoms with Gasteiger partial charge in [-0.2, -0.15) is 0 Å². The lowest BCUT2D eigenvalue weighted by Gasteiger charge is -2.26. The van der Waals surface area contributed by atoms with Gasteiger partial charge in [0.15, 0.2) is 0 Å². The third kappa shape index (κ3) is 4.93. The normalized spacial score (nSPS) is 11.1. The highest BCUT2D eigenvalue weighted by Gasteiger charge is 2.13. The molecule has 2 rings (SSSR count). The summed E-state index contributed by atoms with van der Waals surface area (Å²) in [7, 11) is 0. The number of hydrogen-bond acceptors (Lipinski definition) is 1. The van der Waals surface area contributed by atoms with Crippen LogP contribution in [0.1, 0.15) is 5.56 Å². The Balaban J connectivity index is 2.35. The fourth-order valence-corrected chi connectivity index (χ4v) is 2.66. The van der Waals surface area contributed by atoms with E-state index >= 15 is 0 Å². The Labute approximate surface area is 145 Å². The van der Waals surface area contributed by atoms with Gasteiger partial charge in [-0.05, 0) is 29.3 Å². The van der Waals surface area contributed by atoms with E-state index in [4.69, 9.17) is 0 Å². The van der Waals surface area contributed by atoms with Crippen LogP contribution in [0.25, 0.3) is 0 Å². The Bertz CT molecular complexity index is 707. The lowest BCUT2D eigenvalue weighted by atomic mass is 10.1. The van der Waals surface area contributed by atoms with E-state index in [1.807, 2.05) is 47.4 Å². The fraction of sp³-hybridized carbons (Fsp3) is 0.100. The van der Waals surface area contributed by atoms with Gasteiger partial charge in [0.2, 0.25) is 0 Å². The monoisotopic (exact) mass is 371 g/mol. The summed E-state index contributed by atoms with van der Waals surface area (Å²) in [6.07, 6.45) is 5.38. The molecule has 0 heterocycles. The third-order valence-electron chi connectivity index (χ3n) is 3.43. The average molecular weight is 372 g/mol. The van der Waals surface area contributed by atoms with Crippen LogP contribution in [0.15, 0.2) is 90.0 Å². The highest BCUT2D eigenvalue weighted by Crippen LogP contribution is 2.25. The van der Waals surface area contributed by atoms with Crippen LogP contribution in [-0.4, -0.2) is 6.54 Å². The smallest absolute Gasteiger partial charge is 0.147 e. The van der Waals surface area contributed by atoms with Crippen molar-refractivity contribution in [2.75, 3.05) is 11.4 Å². The van der Waals surface area contributed by atoms with E-state index in [0.29, 0.717) is 18.8 Å². The van der Waals surface area contributed by atoms with Crippen LogP contribution in [0.4, 0.5) is 10.1 Å². The van der Waals surface area contributed by atoms with Crippen molar-refractivity contribution >= 4 is 21.6 Å². The van der Waals surface area contributed by atoms with Crippen molar-refractivity contribution < 1.29 is 4.39 Å². The predicted octanol–water partition coefficient (Wildman–Crippen LogP) is 5.89. The molecule has 0 fully saturated rings. The van der Waals surface area contributed by atoms with E-state index < -0.39 is 0 Å². The molecule has 2 aromatic carbocycles. The second-order valence-corrected chi connectivity index (χ2v) is 6.03. The van der Waals surface area contributed by atoms with Crippen LogP contribution in [0.5, 0.6) is 0 Å². The number of allylic oxidation sites excluding steroid dienone is 2. The average Bonchev–Trinajstić information content (AvgIpc) is 2.54. The molecule has 0 aliphatic carbocycles. The minimum Gasteiger partial charge on any atom is -0.361 e. The second-order valence-electron chi connectivity index (χ2n) is 5.12. The molecule has 0 aliphatic heterocycles. The first-order chi connectivity index (χ1) is 11.1. The molecule has 23 heavy (non-hydrogen) atoms. The molecule has 2 aromatic rings. The van der Waals surface area contributed by atoms with Crippen molar-refractivity contribution in [1.29, 1.82) is 0 Å². The zero-order chi connectivity index (χ0) is 16.7. The summed E-state index contributed by atoms with van der Waals surface area (Å²) in [4.78, 5) is 1.99. The quantitative estimate of drug-likeness (QED) is 0.548. The van der Waals surface area contributed by atoms with Gasteiger partial charge in [0.1, 0.15) is 5.82 Å². The Morgan fingerprint density at radius 1 is 1.13 bits per heavy atom. The number of rotatable bonds is 7. The minimum absolute atomic E-state index is 0.252. The lowest BCUT2D eigenvalue weighted by Crippen LogP contribution is -2.25. The molecule has 3 heteroatoms. The first kappa shape index (κ1) is 17.2. The van der Waals surface area contributed by atoms with E-state index in [0.717, 1.165) is 15.6 Å². The zero-order valence-corrected chi connectivity index (χ0v) is 14.5. The van der Waals surface area contributed by atoms with Gasteiger partial charge in [0, 0.05) is 17.6 Å². The Kier molecular flexibility index (Phi) is 6.36. The maximum atomic E-state index is 14.4. The van der Waals surface area contributed by atoms with E-state index in [1.54, 1.807) is 18.2 Å². The van der Waals surface area contributed by atoms with Crippen molar-refractivity contribution in [3.63, 3.8) is 0 Å². The summed E-state index contributed by atoms with van der Waals surface area (Å²) in [5.41, 5.74) is 2.67. The van der Waals surface area contributed by atoms with Crippen LogP contribution < -0.4 is 4.90 Å². The molecule has 0 bridgehead atoms. The zero-order valence-electron chi connectivity index (χ0n) is 12.9. The van der Waals surface area contributed by atoms with Crippen molar-refractivity contribution in [3.8, 4) is 0 Å². The van der Waals surface area contributed by atoms with E-state index in [1.165, 1.54) is 6.07 Å². The molecule has 0 saturated heterocycles. The second kappa shape index (κ2) is 8.49. The fourth-order valence-electron chi connectivity index (χ4n) is 2.32. The van der Waals surface area contributed by atoms with Gasteiger partial charge in [-0.3, -0.25) is 0 Å². The van der Waals surface area contributed by atoms with Crippen molar-refractivity contribution in [2.45, 2.75) is 6.54 Å². The van der Waals surface area contributed by atoms with Gasteiger partial charge in [0.05, 0.1) is 5.69 Å². The SMILES string of the molecule is C=C/C=C(\C=C)CN(Cc1ccccc1)c1ccc(Br)cc1F. The van der Waals surface area contributed by atoms with Crippen molar-refractivity contribution in [1.82, 2.24) is 0 Å². The maximum Gasteiger partial charge on any atom is 0.147 e. The minimum atomic E-state index is -0.252. The van der Waals surface area contributed by atoms with Crippen LogP contribution >= 0.6 is 15.9 Å². The molecule has 0 aliphatic rings. The molecule has 0 atom stereocenters. The van der Waals surface area contributed by atoms with Gasteiger partial charge in [-0.25, -0.2) is 4.39 Å². The number of nitrogens with zero attached hydrogens (tertiary/aromatic N) is 1. The molecular formula is C20H19BrFN. The molecular weight excluding hydrogens is 353 g/mol. The van der Waals surface area contributed by atoms with Crippen LogP contribution in [0.2, 0.25) is 0 Å². The van der Waals surface area contributed by atoms with Crippen LogP contribution in [0, 0.1) is 5.82 Å². The molecule has 0 spiro atoms. The molecule has 118 valence electrons. The topological polar surface area (TPSA) is 3.24 Å². The summed E-state index contributed by atoms with van der Waals surface area (Å²) in [5.74, 6) is -0.252. The van der Waals surface area contributed by atoms with Gasteiger partial charge in [-0.15, -0.1) is 0 Å².